The van der Waals surface area contributed by atoms with Gasteiger partial charge in [-0.2, -0.15) is 0 Å². The third-order valence-electron chi connectivity index (χ3n) is 4.38. The highest BCUT2D eigenvalue weighted by Gasteiger charge is 2.22. The number of aliphatic hydroxyl groups is 1. The largest absolute Gasteiger partial charge is 0.391 e. The van der Waals surface area contributed by atoms with Gasteiger partial charge in [0.15, 0.2) is 5.13 Å². The quantitative estimate of drug-likeness (QED) is 0.509. The van der Waals surface area contributed by atoms with E-state index in [2.05, 4.69) is 23.7 Å². The first-order chi connectivity index (χ1) is 13.0. The van der Waals surface area contributed by atoms with Crippen LogP contribution in [0.4, 0.5) is 5.13 Å². The fraction of sp³-hybridized carbons (Fsp3) is 0.300. The van der Waals surface area contributed by atoms with Crippen molar-refractivity contribution in [3.63, 3.8) is 0 Å². The lowest BCUT2D eigenvalue weighted by Crippen LogP contribution is -2.27. The molecule has 4 nitrogen and oxygen atoms in total. The van der Waals surface area contributed by atoms with Crippen molar-refractivity contribution in [1.29, 1.82) is 0 Å². The van der Waals surface area contributed by atoms with E-state index >= 15 is 0 Å². The summed E-state index contributed by atoms with van der Waals surface area (Å²) in [4.78, 5) is 12.0. The summed E-state index contributed by atoms with van der Waals surface area (Å²) in [5.74, 6) is 0. The Labute approximate surface area is 173 Å². The van der Waals surface area contributed by atoms with Gasteiger partial charge in [0.1, 0.15) is 0 Å². The zero-order valence-corrected chi connectivity index (χ0v) is 17.5. The first kappa shape index (κ1) is 20.1. The summed E-state index contributed by atoms with van der Waals surface area (Å²) in [5, 5.41) is 11.8. The molecule has 0 radical (unpaired) electrons. The molecule has 0 saturated heterocycles. The summed E-state index contributed by atoms with van der Waals surface area (Å²) in [7, 11) is 0. The molecule has 3 rings (SSSR count). The van der Waals surface area contributed by atoms with Crippen LogP contribution < -0.4 is 4.90 Å². The van der Waals surface area contributed by atoms with Crippen molar-refractivity contribution < 1.29 is 5.11 Å². The Bertz CT molecular complexity index is 901. The van der Waals surface area contributed by atoms with E-state index in [0.29, 0.717) is 15.7 Å². The molecular weight excluding hydrogens is 401 g/mol. The third-order valence-corrected chi connectivity index (χ3v) is 6.01. The first-order valence-corrected chi connectivity index (χ1v) is 10.3. The highest BCUT2D eigenvalue weighted by atomic mass is 35.5. The molecule has 0 spiro atoms. The Morgan fingerprint density at radius 1 is 1.19 bits per heavy atom. The molecule has 1 N–H and O–H groups in total. The molecule has 0 aliphatic carbocycles. The summed E-state index contributed by atoms with van der Waals surface area (Å²) in [6.45, 7) is 5.06. The number of hydrogen-bond acceptors (Lipinski definition) is 5. The Kier molecular flexibility index (Phi) is 6.71. The number of pyridine rings is 1. The fourth-order valence-corrected chi connectivity index (χ4v) is 4.52. The van der Waals surface area contributed by atoms with E-state index in [1.807, 2.05) is 18.2 Å². The number of nitrogens with zero attached hydrogens (tertiary/aromatic N) is 3. The smallest absolute Gasteiger partial charge is 0.186 e. The lowest BCUT2D eigenvalue weighted by atomic mass is 10.1. The van der Waals surface area contributed by atoms with Gasteiger partial charge < -0.3 is 10.0 Å². The molecule has 2 aromatic heterocycles. The number of thiazole rings is 1. The predicted molar refractivity (Wildman–Crippen MR) is 114 cm³/mol. The van der Waals surface area contributed by atoms with Crippen LogP contribution in [0.25, 0.3) is 11.3 Å². The van der Waals surface area contributed by atoms with Crippen molar-refractivity contribution in [3.8, 4) is 11.3 Å². The van der Waals surface area contributed by atoms with E-state index in [4.69, 9.17) is 28.2 Å². The van der Waals surface area contributed by atoms with Gasteiger partial charge in [0, 0.05) is 29.5 Å². The normalized spacial score (nSPS) is 12.2. The Morgan fingerprint density at radius 2 is 1.93 bits per heavy atom. The molecule has 7 heteroatoms. The van der Waals surface area contributed by atoms with Gasteiger partial charge in [-0.05, 0) is 49.2 Å². The van der Waals surface area contributed by atoms with Crippen LogP contribution in [0, 0.1) is 0 Å². The predicted octanol–water partition coefficient (Wildman–Crippen LogP) is 5.98. The molecule has 0 aliphatic rings. The molecule has 0 saturated carbocycles. The molecule has 3 aromatic rings. The van der Waals surface area contributed by atoms with Crippen LogP contribution in [0.3, 0.4) is 0 Å². The van der Waals surface area contributed by atoms with E-state index < -0.39 is 0 Å². The number of benzene rings is 1. The molecule has 0 bridgehead atoms. The number of hydrogen-bond donors (Lipinski definition) is 1. The van der Waals surface area contributed by atoms with E-state index in [0.717, 1.165) is 28.5 Å². The second-order valence-corrected chi connectivity index (χ2v) is 8.11. The molecule has 2 heterocycles. The van der Waals surface area contributed by atoms with Crippen molar-refractivity contribution in [2.75, 3.05) is 11.4 Å². The topological polar surface area (TPSA) is 49.2 Å². The maximum absolute atomic E-state index is 9.88. The Hall–Kier alpha value is -1.66. The van der Waals surface area contributed by atoms with Crippen LogP contribution in [0.1, 0.15) is 36.8 Å². The number of rotatable bonds is 7. The first-order valence-electron chi connectivity index (χ1n) is 8.77. The van der Waals surface area contributed by atoms with Gasteiger partial charge in [-0.3, -0.25) is 4.98 Å². The maximum atomic E-state index is 9.88. The van der Waals surface area contributed by atoms with E-state index in [9.17, 15) is 5.11 Å². The number of anilines is 1. The number of aliphatic hydroxyl groups excluding tert-OH is 1. The minimum Gasteiger partial charge on any atom is -0.391 e. The van der Waals surface area contributed by atoms with Crippen LogP contribution in [-0.2, 0) is 6.61 Å². The van der Waals surface area contributed by atoms with Gasteiger partial charge in [-0.25, -0.2) is 4.98 Å². The molecule has 1 atom stereocenters. The van der Waals surface area contributed by atoms with Crippen molar-refractivity contribution in [1.82, 2.24) is 9.97 Å². The highest BCUT2D eigenvalue weighted by molar-refractivity contribution is 7.16. The zero-order chi connectivity index (χ0) is 19.4. The van der Waals surface area contributed by atoms with Gasteiger partial charge in [0.25, 0.3) is 0 Å². The molecule has 0 fully saturated rings. The maximum Gasteiger partial charge on any atom is 0.186 e. The van der Waals surface area contributed by atoms with Gasteiger partial charge in [-0.1, -0.05) is 41.5 Å². The molecule has 0 aliphatic heterocycles. The van der Waals surface area contributed by atoms with Gasteiger partial charge in [-0.15, -0.1) is 0 Å². The standard InChI is InChI=1S/C20H21Cl2N3OS/c1-3-10-25(13(2)14-6-8-23-9-7-14)20-24-19(18(12-26)27-20)16-5-4-15(21)11-17(16)22/h4-9,11,13,26H,3,10,12H2,1-2H3. The van der Waals surface area contributed by atoms with Crippen LogP contribution >= 0.6 is 34.5 Å². The third kappa shape index (κ3) is 4.43. The molecule has 142 valence electrons. The van der Waals surface area contributed by atoms with Gasteiger partial charge in [0.2, 0.25) is 0 Å². The summed E-state index contributed by atoms with van der Waals surface area (Å²) in [6.07, 6.45) is 4.59. The Balaban J connectivity index is 2.03. The summed E-state index contributed by atoms with van der Waals surface area (Å²) >= 11 is 13.9. The van der Waals surface area contributed by atoms with E-state index in [1.165, 1.54) is 16.9 Å². The van der Waals surface area contributed by atoms with Crippen LogP contribution in [-0.4, -0.2) is 21.6 Å². The molecule has 1 unspecified atom stereocenters. The zero-order valence-electron chi connectivity index (χ0n) is 15.2. The molecule has 1 aromatic carbocycles. The van der Waals surface area contributed by atoms with E-state index in [-0.39, 0.29) is 12.6 Å². The van der Waals surface area contributed by atoms with Crippen molar-refractivity contribution in [2.45, 2.75) is 32.9 Å². The highest BCUT2D eigenvalue weighted by Crippen LogP contribution is 2.39. The SMILES string of the molecule is CCCN(c1nc(-c2ccc(Cl)cc2Cl)c(CO)s1)C(C)c1ccncc1. The Morgan fingerprint density at radius 3 is 2.56 bits per heavy atom. The van der Waals surface area contributed by atoms with Crippen molar-refractivity contribution in [3.05, 3.63) is 63.2 Å². The van der Waals surface area contributed by atoms with E-state index in [1.54, 1.807) is 24.5 Å². The summed E-state index contributed by atoms with van der Waals surface area (Å²) in [6, 6.07) is 9.50. The monoisotopic (exact) mass is 421 g/mol. The second kappa shape index (κ2) is 9.02. The van der Waals surface area contributed by atoms with Crippen molar-refractivity contribution in [2.24, 2.45) is 0 Å². The lowest BCUT2D eigenvalue weighted by Gasteiger charge is -2.28. The number of aromatic nitrogens is 2. The van der Waals surface area contributed by atoms with Crippen LogP contribution in [0.2, 0.25) is 10.0 Å². The van der Waals surface area contributed by atoms with Gasteiger partial charge >= 0.3 is 0 Å². The average molecular weight is 422 g/mol. The summed E-state index contributed by atoms with van der Waals surface area (Å²) < 4.78 is 0. The van der Waals surface area contributed by atoms with Gasteiger partial charge in [0.05, 0.1) is 28.2 Å². The van der Waals surface area contributed by atoms with Crippen molar-refractivity contribution >= 4 is 39.7 Å². The average Bonchev–Trinajstić information content (AvgIpc) is 3.10. The number of halogens is 2. The molecule has 0 amide bonds. The fourth-order valence-electron chi connectivity index (χ4n) is 2.98. The lowest BCUT2D eigenvalue weighted by molar-refractivity contribution is 0.286. The molecular formula is C20H21Cl2N3OS. The second-order valence-electron chi connectivity index (χ2n) is 6.20. The molecule has 27 heavy (non-hydrogen) atoms. The minimum absolute atomic E-state index is 0.0877. The minimum atomic E-state index is -0.0877. The van der Waals surface area contributed by atoms with Crippen LogP contribution in [0.15, 0.2) is 42.7 Å². The summed E-state index contributed by atoms with van der Waals surface area (Å²) in [5.41, 5.74) is 2.66. The van der Waals surface area contributed by atoms with Crippen LogP contribution in [0.5, 0.6) is 0 Å².